The van der Waals surface area contributed by atoms with Gasteiger partial charge in [-0.05, 0) is 64.1 Å². The van der Waals surface area contributed by atoms with Crippen LogP contribution in [-0.4, -0.2) is 19.1 Å². The molecule has 0 aliphatic carbocycles. The Bertz CT molecular complexity index is 2300. The van der Waals surface area contributed by atoms with Gasteiger partial charge in [0.05, 0.1) is 56.9 Å². The molecule has 0 unspecified atom stereocenters. The standard InChI is InChI=1S/C42H36N6O2/c1-29(2)45-27-47(41-17-7-5-15-39(41)45)31-11-9-13-33(23-31)49-35-19-21-43-37(25-35)38-26-36(20-22-44-38)50-34-14-10-12-32(24-34)48-28-46(30(3)4)40-16-6-8-18-42(40)48/h5-26,29-30H,1-4H3. The summed E-state index contributed by atoms with van der Waals surface area (Å²) in [6.45, 7) is 8.65. The third-order valence-electron chi connectivity index (χ3n) is 8.56. The molecule has 0 atom stereocenters. The molecule has 4 heterocycles. The third-order valence-corrected chi connectivity index (χ3v) is 8.56. The summed E-state index contributed by atoms with van der Waals surface area (Å²) >= 11 is 0. The highest BCUT2D eigenvalue weighted by molar-refractivity contribution is 5.73. The fraction of sp³-hybridized carbons (Fsp3) is 0.143. The Morgan fingerprint density at radius 1 is 0.500 bits per heavy atom. The Morgan fingerprint density at radius 3 is 1.36 bits per heavy atom. The average molecular weight is 657 g/mol. The number of rotatable bonds is 9. The molecule has 8 rings (SSSR count). The van der Waals surface area contributed by atoms with Crippen molar-refractivity contribution in [3.8, 4) is 45.8 Å². The number of hydrogen-bond acceptors (Lipinski definition) is 4. The Hall–Kier alpha value is -6.28. The maximum atomic E-state index is 6.36. The summed E-state index contributed by atoms with van der Waals surface area (Å²) in [5.41, 5.74) is 7.70. The summed E-state index contributed by atoms with van der Waals surface area (Å²) in [7, 11) is 0. The Balaban J connectivity index is 1.03. The molecular formula is C42H36N6O2. The SMILES string of the molecule is CC(C)n1[c-][n+](-c2cccc(Oc3ccnc(-c4cc(Oc5cccc(-[n+]6[c-]n(C(C)C)c7ccccc76)c5)ccn4)c3)c2)c2ccccc21. The molecule has 0 fully saturated rings. The molecule has 0 radical (unpaired) electrons. The van der Waals surface area contributed by atoms with E-state index < -0.39 is 0 Å². The third kappa shape index (κ3) is 5.96. The molecule has 0 saturated carbocycles. The fourth-order valence-corrected chi connectivity index (χ4v) is 6.20. The van der Waals surface area contributed by atoms with Gasteiger partial charge in [0.25, 0.3) is 0 Å². The molecular weight excluding hydrogens is 621 g/mol. The number of imidazole rings is 2. The van der Waals surface area contributed by atoms with Crippen LogP contribution >= 0.6 is 0 Å². The minimum Gasteiger partial charge on any atom is -0.458 e. The number of nitrogens with zero attached hydrogens (tertiary/aromatic N) is 6. The van der Waals surface area contributed by atoms with E-state index in [1.165, 1.54) is 0 Å². The van der Waals surface area contributed by atoms with Gasteiger partial charge >= 0.3 is 0 Å². The first-order chi connectivity index (χ1) is 24.4. The topological polar surface area (TPSA) is 61.9 Å². The first kappa shape index (κ1) is 31.0. The molecule has 4 aromatic heterocycles. The summed E-state index contributed by atoms with van der Waals surface area (Å²) in [6, 6.07) is 40.7. The van der Waals surface area contributed by atoms with Crippen molar-refractivity contribution >= 4 is 22.1 Å². The van der Waals surface area contributed by atoms with Crippen LogP contribution in [-0.2, 0) is 0 Å². The van der Waals surface area contributed by atoms with Crippen LogP contribution < -0.4 is 18.6 Å². The number of fused-ring (bicyclic) bond motifs is 2. The summed E-state index contributed by atoms with van der Waals surface area (Å²) in [4.78, 5) is 9.19. The van der Waals surface area contributed by atoms with Crippen LogP contribution in [0.3, 0.4) is 0 Å². The van der Waals surface area contributed by atoms with E-state index in [-0.39, 0.29) is 12.1 Å². The second-order valence-corrected chi connectivity index (χ2v) is 12.7. The van der Waals surface area contributed by atoms with E-state index in [4.69, 9.17) is 9.47 Å². The molecule has 4 aromatic carbocycles. The fourth-order valence-electron chi connectivity index (χ4n) is 6.20. The van der Waals surface area contributed by atoms with Gasteiger partial charge in [-0.15, -0.1) is 0 Å². The Morgan fingerprint density at radius 2 is 0.920 bits per heavy atom. The molecule has 0 bridgehead atoms. The van der Waals surface area contributed by atoms with Gasteiger partial charge in [0.2, 0.25) is 12.7 Å². The molecule has 8 heteroatoms. The highest BCUT2D eigenvalue weighted by atomic mass is 16.5. The van der Waals surface area contributed by atoms with Crippen molar-refractivity contribution in [1.29, 1.82) is 0 Å². The monoisotopic (exact) mass is 656 g/mol. The van der Waals surface area contributed by atoms with Gasteiger partial charge in [-0.3, -0.25) is 9.97 Å². The molecule has 0 aliphatic rings. The van der Waals surface area contributed by atoms with E-state index in [1.54, 1.807) is 12.4 Å². The van der Waals surface area contributed by atoms with Crippen molar-refractivity contribution in [2.45, 2.75) is 39.8 Å². The van der Waals surface area contributed by atoms with Crippen molar-refractivity contribution in [2.24, 2.45) is 0 Å². The Labute approximate surface area is 291 Å². The van der Waals surface area contributed by atoms with Crippen molar-refractivity contribution in [2.75, 3.05) is 0 Å². The summed E-state index contributed by atoms with van der Waals surface area (Å²) in [5, 5.41) is 0. The van der Waals surface area contributed by atoms with Gasteiger partial charge in [0.15, 0.2) is 0 Å². The molecule has 8 nitrogen and oxygen atoms in total. The normalized spacial score (nSPS) is 11.6. The second kappa shape index (κ2) is 13.0. The zero-order valence-corrected chi connectivity index (χ0v) is 28.4. The Kier molecular flexibility index (Phi) is 8.04. The lowest BCUT2D eigenvalue weighted by atomic mass is 10.2. The van der Waals surface area contributed by atoms with Gasteiger partial charge in [-0.25, -0.2) is 0 Å². The summed E-state index contributed by atoms with van der Waals surface area (Å²) in [6.07, 6.45) is 10.5. The molecule has 50 heavy (non-hydrogen) atoms. The van der Waals surface area contributed by atoms with E-state index in [0.29, 0.717) is 34.4 Å². The predicted molar refractivity (Wildman–Crippen MR) is 193 cm³/mol. The van der Waals surface area contributed by atoms with Crippen molar-refractivity contribution in [3.63, 3.8) is 0 Å². The van der Waals surface area contributed by atoms with E-state index in [2.05, 4.69) is 117 Å². The number of para-hydroxylation sites is 4. The van der Waals surface area contributed by atoms with Crippen LogP contribution in [0.4, 0.5) is 0 Å². The van der Waals surface area contributed by atoms with Gasteiger partial charge < -0.3 is 27.7 Å². The molecule has 0 N–H and O–H groups in total. The molecule has 0 saturated heterocycles. The maximum Gasteiger partial charge on any atom is 0.244 e. The lowest BCUT2D eigenvalue weighted by Gasteiger charge is -2.11. The molecule has 0 spiro atoms. The van der Waals surface area contributed by atoms with E-state index in [9.17, 15) is 0 Å². The summed E-state index contributed by atoms with van der Waals surface area (Å²) in [5.74, 6) is 2.72. The lowest BCUT2D eigenvalue weighted by molar-refractivity contribution is -0.573. The zero-order valence-electron chi connectivity index (χ0n) is 28.4. The largest absolute Gasteiger partial charge is 0.458 e. The van der Waals surface area contributed by atoms with Gasteiger partial charge in [0, 0.05) is 24.5 Å². The van der Waals surface area contributed by atoms with Crippen LogP contribution in [0.1, 0.15) is 39.8 Å². The smallest absolute Gasteiger partial charge is 0.244 e. The molecule has 0 aliphatic heterocycles. The number of pyridine rings is 2. The highest BCUT2D eigenvalue weighted by Crippen LogP contribution is 2.30. The number of hydrogen-bond donors (Lipinski definition) is 0. The zero-order chi connectivity index (χ0) is 34.2. The van der Waals surface area contributed by atoms with Gasteiger partial charge in [-0.2, -0.15) is 0 Å². The number of ether oxygens (including phenoxy) is 2. The molecule has 246 valence electrons. The van der Waals surface area contributed by atoms with Crippen LogP contribution in [0, 0.1) is 12.7 Å². The lowest BCUT2D eigenvalue weighted by Crippen LogP contribution is -2.29. The molecule has 8 aromatic rings. The van der Waals surface area contributed by atoms with Gasteiger partial charge in [-0.1, -0.05) is 72.8 Å². The first-order valence-corrected chi connectivity index (χ1v) is 16.8. The van der Waals surface area contributed by atoms with Gasteiger partial charge in [0.1, 0.15) is 23.0 Å². The van der Waals surface area contributed by atoms with Crippen molar-refractivity contribution < 1.29 is 18.6 Å². The van der Waals surface area contributed by atoms with Crippen LogP contribution in [0.15, 0.2) is 134 Å². The number of benzene rings is 4. The van der Waals surface area contributed by atoms with Crippen LogP contribution in [0.2, 0.25) is 0 Å². The second-order valence-electron chi connectivity index (χ2n) is 12.7. The predicted octanol–water partition coefficient (Wildman–Crippen LogP) is 8.95. The number of aromatic nitrogens is 6. The van der Waals surface area contributed by atoms with Crippen molar-refractivity contribution in [1.82, 2.24) is 19.1 Å². The van der Waals surface area contributed by atoms with Crippen LogP contribution in [0.5, 0.6) is 23.0 Å². The van der Waals surface area contributed by atoms with Crippen molar-refractivity contribution in [3.05, 3.63) is 146 Å². The first-order valence-electron chi connectivity index (χ1n) is 16.8. The molecule has 0 amide bonds. The van der Waals surface area contributed by atoms with E-state index >= 15 is 0 Å². The summed E-state index contributed by atoms with van der Waals surface area (Å²) < 4.78 is 21.2. The highest BCUT2D eigenvalue weighted by Gasteiger charge is 2.14. The van der Waals surface area contributed by atoms with E-state index in [0.717, 1.165) is 33.4 Å². The van der Waals surface area contributed by atoms with Crippen LogP contribution in [0.25, 0.3) is 44.8 Å². The van der Waals surface area contributed by atoms with E-state index in [1.807, 2.05) is 72.8 Å². The average Bonchev–Trinajstić information content (AvgIpc) is 3.72. The maximum absolute atomic E-state index is 6.36. The minimum atomic E-state index is 0.278. The quantitative estimate of drug-likeness (QED) is 0.115. The minimum absolute atomic E-state index is 0.278.